The topological polar surface area (TPSA) is 98.9 Å². The van der Waals surface area contributed by atoms with Crippen molar-refractivity contribution in [2.24, 2.45) is 0 Å². The molecule has 9 heteroatoms. The van der Waals surface area contributed by atoms with E-state index < -0.39 is 10.0 Å². The number of rotatable bonds is 5. The van der Waals surface area contributed by atoms with Crippen molar-refractivity contribution in [3.05, 3.63) is 40.2 Å². The third-order valence-electron chi connectivity index (χ3n) is 5.80. The Hall–Kier alpha value is -2.00. The van der Waals surface area contributed by atoms with E-state index in [0.717, 1.165) is 43.4 Å². The van der Waals surface area contributed by atoms with E-state index in [1.807, 2.05) is 13.8 Å². The van der Waals surface area contributed by atoms with E-state index in [-0.39, 0.29) is 28.7 Å². The average molecular weight is 406 g/mol. The number of aryl methyl sites for hydroxylation is 2. The largest absolute Gasteiger partial charge is 0.334 e. The number of aromatic nitrogens is 4. The van der Waals surface area contributed by atoms with Crippen molar-refractivity contribution in [3.63, 3.8) is 0 Å². The van der Waals surface area contributed by atoms with Gasteiger partial charge < -0.3 is 4.57 Å². The smallest absolute Gasteiger partial charge is 0.267 e. The minimum absolute atomic E-state index is 0.0381. The zero-order chi connectivity index (χ0) is 19.9. The maximum atomic E-state index is 12.6. The average Bonchev–Trinajstić information content (AvgIpc) is 3.31. The van der Waals surface area contributed by atoms with Crippen LogP contribution in [0.3, 0.4) is 0 Å². The van der Waals surface area contributed by atoms with Gasteiger partial charge in [-0.2, -0.15) is 5.10 Å². The number of sulfonamides is 1. The number of hydrogen-bond donors (Lipinski definition) is 1. The lowest BCUT2D eigenvalue weighted by Gasteiger charge is -2.29. The summed E-state index contributed by atoms with van der Waals surface area (Å²) >= 11 is 0. The van der Waals surface area contributed by atoms with E-state index in [1.54, 1.807) is 27.8 Å². The Balaban J connectivity index is 1.41. The molecule has 28 heavy (non-hydrogen) atoms. The fourth-order valence-corrected chi connectivity index (χ4v) is 5.38. The van der Waals surface area contributed by atoms with E-state index in [2.05, 4.69) is 14.8 Å². The molecule has 1 N–H and O–H groups in total. The van der Waals surface area contributed by atoms with Crippen molar-refractivity contribution in [1.82, 2.24) is 24.1 Å². The van der Waals surface area contributed by atoms with Crippen LogP contribution in [-0.4, -0.2) is 33.8 Å². The molecule has 2 aromatic rings. The van der Waals surface area contributed by atoms with Crippen molar-refractivity contribution in [2.75, 3.05) is 0 Å². The summed E-state index contributed by atoms with van der Waals surface area (Å²) in [5, 5.41) is 4.65. The molecule has 4 rings (SSSR count). The minimum atomic E-state index is -3.64. The van der Waals surface area contributed by atoms with Crippen molar-refractivity contribution >= 4 is 10.0 Å². The molecule has 0 aliphatic heterocycles. The summed E-state index contributed by atoms with van der Waals surface area (Å²) in [6, 6.07) is 1.79. The summed E-state index contributed by atoms with van der Waals surface area (Å²) < 4.78 is 31.4. The molecule has 0 saturated heterocycles. The van der Waals surface area contributed by atoms with E-state index in [0.29, 0.717) is 12.8 Å². The molecule has 2 aromatic heterocycles. The number of fused-ring (bicyclic) bond motifs is 1. The van der Waals surface area contributed by atoms with Crippen LogP contribution >= 0.6 is 0 Å². The van der Waals surface area contributed by atoms with Crippen molar-refractivity contribution in [1.29, 1.82) is 0 Å². The van der Waals surface area contributed by atoms with Gasteiger partial charge in [0, 0.05) is 24.3 Å². The molecule has 8 nitrogen and oxygen atoms in total. The van der Waals surface area contributed by atoms with Crippen molar-refractivity contribution in [3.8, 4) is 0 Å². The lowest BCUT2D eigenvalue weighted by atomic mass is 9.92. The fourth-order valence-electron chi connectivity index (χ4n) is 4.13. The van der Waals surface area contributed by atoms with Crippen LogP contribution in [0.25, 0.3) is 0 Å². The molecule has 0 bridgehead atoms. The van der Waals surface area contributed by atoms with Gasteiger partial charge in [-0.25, -0.2) is 22.8 Å². The van der Waals surface area contributed by atoms with Crippen LogP contribution in [0.4, 0.5) is 0 Å². The van der Waals surface area contributed by atoms with Gasteiger partial charge in [-0.1, -0.05) is 0 Å². The highest BCUT2D eigenvalue weighted by Gasteiger charge is 2.29. The second kappa shape index (κ2) is 7.44. The first-order chi connectivity index (χ1) is 13.3. The van der Waals surface area contributed by atoms with Gasteiger partial charge in [0.1, 0.15) is 0 Å². The minimum Gasteiger partial charge on any atom is -0.334 e. The van der Waals surface area contributed by atoms with Gasteiger partial charge in [-0.05, 0) is 64.4 Å². The highest BCUT2D eigenvalue weighted by Crippen LogP contribution is 2.29. The zero-order valence-electron chi connectivity index (χ0n) is 16.3. The van der Waals surface area contributed by atoms with Gasteiger partial charge in [0.25, 0.3) is 15.6 Å². The zero-order valence-corrected chi connectivity index (χ0v) is 17.2. The van der Waals surface area contributed by atoms with E-state index in [1.165, 1.54) is 0 Å². The van der Waals surface area contributed by atoms with Crippen LogP contribution in [0.1, 0.15) is 69.3 Å². The first-order valence-corrected chi connectivity index (χ1v) is 11.5. The standard InChI is InChI=1S/C19H27N5O3S/c1-13(2)23-11-18(20-12-23)28(26,27)22-15-6-8-16(9-7-15)24-19(25)10-14-4-3-5-17(14)21-24/h10-13,15-16,22H,3-9H2,1-2H3. The molecule has 0 amide bonds. The summed E-state index contributed by atoms with van der Waals surface area (Å²) in [6.45, 7) is 3.95. The molecule has 0 aromatic carbocycles. The van der Waals surface area contributed by atoms with Gasteiger partial charge in [-0.3, -0.25) is 4.79 Å². The van der Waals surface area contributed by atoms with Gasteiger partial charge in [0.05, 0.1) is 18.1 Å². The summed E-state index contributed by atoms with van der Waals surface area (Å²) in [4.78, 5) is 16.4. The summed E-state index contributed by atoms with van der Waals surface area (Å²) in [5.74, 6) is 0. The molecule has 0 unspecified atom stereocenters. The van der Waals surface area contributed by atoms with Gasteiger partial charge in [0.15, 0.2) is 5.03 Å². The predicted octanol–water partition coefficient (Wildman–Crippen LogP) is 1.97. The molecule has 152 valence electrons. The van der Waals surface area contributed by atoms with Gasteiger partial charge in [0.2, 0.25) is 0 Å². The molecular weight excluding hydrogens is 378 g/mol. The normalized spacial score (nSPS) is 22.5. The third kappa shape index (κ3) is 3.77. The lowest BCUT2D eigenvalue weighted by molar-refractivity contribution is 0.284. The molecule has 0 spiro atoms. The fraction of sp³-hybridized carbons (Fsp3) is 0.632. The number of imidazole rings is 1. The molecule has 1 fully saturated rings. The Labute approximate surface area is 165 Å². The van der Waals surface area contributed by atoms with Crippen LogP contribution in [0, 0.1) is 0 Å². The monoisotopic (exact) mass is 405 g/mol. The summed E-state index contributed by atoms with van der Waals surface area (Å²) in [7, 11) is -3.64. The lowest BCUT2D eigenvalue weighted by Crippen LogP contribution is -2.39. The number of nitrogens with one attached hydrogen (secondary N) is 1. The maximum absolute atomic E-state index is 12.6. The Bertz CT molecular complexity index is 1020. The Morgan fingerprint density at radius 2 is 1.93 bits per heavy atom. The number of hydrogen-bond acceptors (Lipinski definition) is 5. The highest BCUT2D eigenvalue weighted by molar-refractivity contribution is 7.89. The van der Waals surface area contributed by atoms with Crippen molar-refractivity contribution < 1.29 is 8.42 Å². The quantitative estimate of drug-likeness (QED) is 0.820. The van der Waals surface area contributed by atoms with Crippen LogP contribution in [-0.2, 0) is 22.9 Å². The van der Waals surface area contributed by atoms with Crippen LogP contribution in [0.15, 0.2) is 28.4 Å². The summed E-state index contributed by atoms with van der Waals surface area (Å²) in [6.07, 6.45) is 8.88. The third-order valence-corrected chi connectivity index (χ3v) is 7.20. The molecule has 2 heterocycles. The SMILES string of the molecule is CC(C)n1cnc(S(=O)(=O)NC2CCC(n3nc4c(cc3=O)CCC4)CC2)c1. The van der Waals surface area contributed by atoms with E-state index in [4.69, 9.17) is 0 Å². The summed E-state index contributed by atoms with van der Waals surface area (Å²) in [5.41, 5.74) is 2.09. The van der Waals surface area contributed by atoms with E-state index >= 15 is 0 Å². The van der Waals surface area contributed by atoms with Crippen LogP contribution in [0.2, 0.25) is 0 Å². The molecule has 2 aliphatic carbocycles. The second-order valence-corrected chi connectivity index (χ2v) is 9.79. The second-order valence-electron chi connectivity index (χ2n) is 8.13. The highest BCUT2D eigenvalue weighted by atomic mass is 32.2. The maximum Gasteiger partial charge on any atom is 0.267 e. The van der Waals surface area contributed by atoms with Crippen LogP contribution < -0.4 is 10.3 Å². The Morgan fingerprint density at radius 1 is 1.18 bits per heavy atom. The molecule has 0 atom stereocenters. The predicted molar refractivity (Wildman–Crippen MR) is 105 cm³/mol. The van der Waals surface area contributed by atoms with E-state index in [9.17, 15) is 13.2 Å². The Kier molecular flexibility index (Phi) is 5.13. The molecular formula is C19H27N5O3S. The molecule has 1 saturated carbocycles. The first-order valence-electron chi connectivity index (χ1n) is 10.0. The first kappa shape index (κ1) is 19.3. The number of nitrogens with zero attached hydrogens (tertiary/aromatic N) is 4. The van der Waals surface area contributed by atoms with Gasteiger partial charge >= 0.3 is 0 Å². The Morgan fingerprint density at radius 3 is 2.61 bits per heavy atom. The molecule has 2 aliphatic rings. The molecule has 0 radical (unpaired) electrons. The van der Waals surface area contributed by atoms with Crippen molar-refractivity contribution in [2.45, 2.75) is 81.9 Å². The van der Waals surface area contributed by atoms with Crippen LogP contribution in [0.5, 0.6) is 0 Å². The van der Waals surface area contributed by atoms with Gasteiger partial charge in [-0.15, -0.1) is 0 Å².